The van der Waals surface area contributed by atoms with E-state index in [0.29, 0.717) is 9.95 Å². The minimum Gasteiger partial charge on any atom is -0.387 e. The second-order valence-corrected chi connectivity index (χ2v) is 10.4. The van der Waals surface area contributed by atoms with Crippen LogP contribution in [0.1, 0.15) is 11.9 Å². The Morgan fingerprint density at radius 2 is 1.83 bits per heavy atom. The predicted octanol–water partition coefficient (Wildman–Crippen LogP) is -0.816. The third-order valence-corrected chi connectivity index (χ3v) is 7.29. The molecule has 19 heteroatoms. The summed E-state index contributed by atoms with van der Waals surface area (Å²) < 4.78 is 55.6. The van der Waals surface area contributed by atoms with Crippen LogP contribution in [0.25, 0.3) is 11.0 Å². The van der Waals surface area contributed by atoms with Crippen LogP contribution in [0, 0.1) is 5.82 Å². The Labute approximate surface area is 198 Å². The van der Waals surface area contributed by atoms with Crippen molar-refractivity contribution in [2.24, 2.45) is 0 Å². The Hall–Kier alpha value is -2.56. The summed E-state index contributed by atoms with van der Waals surface area (Å²) in [6.45, 7) is -1.37. The van der Waals surface area contributed by atoms with Gasteiger partial charge in [-0.15, -0.1) is 0 Å². The number of phosphoric acid groups is 2. The number of fused-ring (bicyclic) bond motifs is 1. The molecule has 0 amide bonds. The summed E-state index contributed by atoms with van der Waals surface area (Å²) in [5, 5.41) is 24.7. The van der Waals surface area contributed by atoms with E-state index in [0.717, 1.165) is 29.0 Å². The smallest absolute Gasteiger partial charge is 0.387 e. The van der Waals surface area contributed by atoms with Crippen LogP contribution in [0.3, 0.4) is 0 Å². The summed E-state index contributed by atoms with van der Waals surface area (Å²) in [6, 6.07) is 4.52. The summed E-state index contributed by atoms with van der Waals surface area (Å²) in [7, 11) is -10.7. The number of ether oxygens (including phenoxy) is 1. The van der Waals surface area contributed by atoms with Crippen LogP contribution in [0.5, 0.6) is 0 Å². The third-order valence-electron chi connectivity index (χ3n) is 5.14. The van der Waals surface area contributed by atoms with Gasteiger partial charge >= 0.3 is 21.3 Å². The molecule has 16 nitrogen and oxygen atoms in total. The highest BCUT2D eigenvalue weighted by molar-refractivity contribution is 7.60. The molecule has 5 unspecified atom stereocenters. The number of benzene rings is 1. The number of rotatable bonds is 8. The molecule has 196 valence electrons. The molecular formula is C17H18FN3O13P2. The van der Waals surface area contributed by atoms with Gasteiger partial charge < -0.3 is 34.2 Å². The van der Waals surface area contributed by atoms with Gasteiger partial charge in [0.05, 0.1) is 13.2 Å². The van der Waals surface area contributed by atoms with Crippen molar-refractivity contribution in [2.45, 2.75) is 31.1 Å². The first-order valence-corrected chi connectivity index (χ1v) is 12.9. The van der Waals surface area contributed by atoms with E-state index in [-0.39, 0.29) is 11.3 Å². The lowest BCUT2D eigenvalue weighted by molar-refractivity contribution is -0.0547. The van der Waals surface area contributed by atoms with Crippen LogP contribution in [0.2, 0.25) is 0 Å². The molecule has 0 radical (unpaired) electrons. The SMILES string of the molecule is O=c1ccn(C2OC(COP(=O)(O)OP(=O)(O)O)C(O)C2O)c(=O)n1Cc1noc2cc(F)ccc12. The zero-order chi connectivity index (χ0) is 26.4. The van der Waals surface area contributed by atoms with Crippen molar-refractivity contribution in [1.82, 2.24) is 14.3 Å². The van der Waals surface area contributed by atoms with Crippen molar-refractivity contribution >= 4 is 26.6 Å². The van der Waals surface area contributed by atoms with Gasteiger partial charge in [0, 0.05) is 23.7 Å². The van der Waals surface area contributed by atoms with E-state index >= 15 is 0 Å². The van der Waals surface area contributed by atoms with Gasteiger partial charge in [-0.05, 0) is 12.1 Å². The number of aliphatic hydroxyl groups excluding tert-OH is 2. The second kappa shape index (κ2) is 9.72. The fourth-order valence-corrected chi connectivity index (χ4v) is 5.12. The Morgan fingerprint density at radius 1 is 1.11 bits per heavy atom. The molecule has 1 aliphatic heterocycles. The quantitative estimate of drug-likeness (QED) is 0.215. The Kier molecular flexibility index (Phi) is 7.15. The first-order chi connectivity index (χ1) is 16.8. The molecule has 0 spiro atoms. The van der Waals surface area contributed by atoms with Crippen LogP contribution in [0.15, 0.2) is 44.6 Å². The molecule has 2 aromatic heterocycles. The molecular weight excluding hydrogens is 535 g/mol. The molecule has 5 N–H and O–H groups in total. The lowest BCUT2D eigenvalue weighted by Gasteiger charge is -2.19. The van der Waals surface area contributed by atoms with E-state index in [1.165, 1.54) is 6.07 Å². The molecule has 4 rings (SSSR count). The largest absolute Gasteiger partial charge is 0.481 e. The third kappa shape index (κ3) is 5.55. The Morgan fingerprint density at radius 3 is 2.53 bits per heavy atom. The number of aromatic nitrogens is 3. The molecule has 1 saturated heterocycles. The van der Waals surface area contributed by atoms with Crippen LogP contribution in [0.4, 0.5) is 4.39 Å². The number of nitrogens with zero attached hydrogens (tertiary/aromatic N) is 3. The van der Waals surface area contributed by atoms with Crippen molar-refractivity contribution in [3.05, 3.63) is 62.8 Å². The standard InChI is InChI=1S/C17H18FN3O13P2/c18-8-1-2-9-10(19-33-11(9)5-8)6-21-13(22)3-4-20(17(21)25)16-15(24)14(23)12(32-16)7-31-36(29,30)34-35(26,27)28/h1-5,12,14-16,23-24H,6-7H2,(H,29,30)(H2,26,27,28). The number of aliphatic hydroxyl groups is 2. The molecule has 0 saturated carbocycles. The van der Waals surface area contributed by atoms with Crippen molar-refractivity contribution in [1.29, 1.82) is 0 Å². The van der Waals surface area contributed by atoms with Gasteiger partial charge in [0.2, 0.25) is 0 Å². The summed E-state index contributed by atoms with van der Waals surface area (Å²) in [6.07, 6.45) is -5.75. The van der Waals surface area contributed by atoms with Crippen molar-refractivity contribution in [3.63, 3.8) is 0 Å². The monoisotopic (exact) mass is 553 g/mol. The van der Waals surface area contributed by atoms with E-state index in [9.17, 15) is 38.2 Å². The van der Waals surface area contributed by atoms with E-state index in [1.807, 2.05) is 0 Å². The van der Waals surface area contributed by atoms with Crippen LogP contribution in [-0.4, -0.2) is 64.1 Å². The molecule has 3 heterocycles. The first kappa shape index (κ1) is 26.5. The minimum atomic E-state index is -5.39. The zero-order valence-electron chi connectivity index (χ0n) is 17.7. The van der Waals surface area contributed by atoms with Gasteiger partial charge in [-0.1, -0.05) is 5.16 Å². The molecule has 1 aromatic carbocycles. The summed E-state index contributed by atoms with van der Waals surface area (Å²) in [5.41, 5.74) is -1.56. The first-order valence-electron chi connectivity index (χ1n) is 9.87. The van der Waals surface area contributed by atoms with Crippen LogP contribution < -0.4 is 11.2 Å². The highest BCUT2D eigenvalue weighted by Crippen LogP contribution is 2.57. The number of hydrogen-bond acceptors (Lipinski definition) is 11. The Balaban J connectivity index is 1.57. The summed E-state index contributed by atoms with van der Waals surface area (Å²) in [5.74, 6) is -0.584. The molecule has 0 bridgehead atoms. The molecule has 1 fully saturated rings. The zero-order valence-corrected chi connectivity index (χ0v) is 19.5. The van der Waals surface area contributed by atoms with Crippen LogP contribution in [-0.2, 0) is 29.2 Å². The molecule has 1 aliphatic rings. The van der Waals surface area contributed by atoms with Crippen molar-refractivity contribution in [3.8, 4) is 0 Å². The maximum Gasteiger partial charge on any atom is 0.481 e. The average Bonchev–Trinajstić information content (AvgIpc) is 3.28. The van der Waals surface area contributed by atoms with Crippen molar-refractivity contribution in [2.75, 3.05) is 6.61 Å². The van der Waals surface area contributed by atoms with Gasteiger partial charge in [-0.3, -0.25) is 18.5 Å². The van der Waals surface area contributed by atoms with Gasteiger partial charge in [0.15, 0.2) is 11.8 Å². The summed E-state index contributed by atoms with van der Waals surface area (Å²) in [4.78, 5) is 52.1. The van der Waals surface area contributed by atoms with Gasteiger partial charge in [-0.25, -0.2) is 18.3 Å². The highest BCUT2D eigenvalue weighted by atomic mass is 31.3. The average molecular weight is 553 g/mol. The molecule has 3 aromatic rings. The molecule has 5 atom stereocenters. The van der Waals surface area contributed by atoms with Gasteiger partial charge in [0.1, 0.15) is 29.8 Å². The fourth-order valence-electron chi connectivity index (χ4n) is 3.52. The lowest BCUT2D eigenvalue weighted by atomic mass is 10.1. The molecule has 0 aliphatic carbocycles. The predicted molar refractivity (Wildman–Crippen MR) is 113 cm³/mol. The molecule has 36 heavy (non-hydrogen) atoms. The minimum absolute atomic E-state index is 0.0821. The van der Waals surface area contributed by atoms with Crippen molar-refractivity contribution < 1.29 is 56.5 Å². The summed E-state index contributed by atoms with van der Waals surface area (Å²) >= 11 is 0. The van der Waals surface area contributed by atoms with E-state index in [2.05, 4.69) is 14.0 Å². The maximum absolute atomic E-state index is 13.4. The Bertz CT molecular complexity index is 1500. The van der Waals surface area contributed by atoms with Crippen LogP contribution >= 0.6 is 15.6 Å². The second-order valence-electron chi connectivity index (χ2n) is 7.58. The number of halogens is 1. The van der Waals surface area contributed by atoms with E-state index < -0.39 is 70.4 Å². The maximum atomic E-state index is 13.4. The lowest BCUT2D eigenvalue weighted by Crippen LogP contribution is -2.43. The normalized spacial score (nSPS) is 24.3. The van der Waals surface area contributed by atoms with E-state index in [4.69, 9.17) is 19.0 Å². The topological polar surface area (TPSA) is 233 Å². The highest BCUT2D eigenvalue weighted by Gasteiger charge is 2.46. The van der Waals surface area contributed by atoms with E-state index in [1.54, 1.807) is 0 Å². The number of phosphoric ester groups is 1. The van der Waals surface area contributed by atoms with Gasteiger partial charge in [-0.2, -0.15) is 4.31 Å². The number of hydrogen-bond donors (Lipinski definition) is 5. The fraction of sp³-hybridized carbons (Fsp3) is 0.353. The van der Waals surface area contributed by atoms with Gasteiger partial charge in [0.25, 0.3) is 5.56 Å².